The molecule has 2 nitrogen and oxygen atoms in total. The van der Waals surface area contributed by atoms with Crippen LogP contribution in [0.15, 0.2) is 0 Å². The van der Waals surface area contributed by atoms with Crippen molar-refractivity contribution < 1.29 is 0 Å². The Kier molecular flexibility index (Phi) is 7.97. The van der Waals surface area contributed by atoms with Crippen LogP contribution in [0, 0.1) is 0 Å². The van der Waals surface area contributed by atoms with Crippen molar-refractivity contribution in [1.29, 1.82) is 0 Å². The van der Waals surface area contributed by atoms with Crippen LogP contribution in [0.2, 0.25) is 0 Å². The third kappa shape index (κ3) is 6.58. The summed E-state index contributed by atoms with van der Waals surface area (Å²) in [5, 5.41) is 3.72. The van der Waals surface area contributed by atoms with Crippen LogP contribution in [-0.2, 0) is 0 Å². The van der Waals surface area contributed by atoms with Crippen LogP contribution in [0.1, 0.15) is 84.0 Å². The van der Waals surface area contributed by atoms with Gasteiger partial charge in [0.05, 0.1) is 0 Å². The Bertz CT molecular complexity index is 232. The summed E-state index contributed by atoms with van der Waals surface area (Å²) in [6.45, 7) is 6.23. The second-order valence-corrected chi connectivity index (χ2v) is 6.99. The summed E-state index contributed by atoms with van der Waals surface area (Å²) in [7, 11) is 0. The molecule has 1 saturated carbocycles. The van der Waals surface area contributed by atoms with Gasteiger partial charge in [0, 0.05) is 18.6 Å². The first-order valence-electron chi connectivity index (χ1n) is 9.37. The van der Waals surface area contributed by atoms with E-state index in [0.29, 0.717) is 0 Å². The number of unbranched alkanes of at least 4 members (excludes halogenated alkanes) is 6. The average molecular weight is 281 g/mol. The van der Waals surface area contributed by atoms with Crippen LogP contribution in [0.3, 0.4) is 0 Å². The number of rotatable bonds is 11. The van der Waals surface area contributed by atoms with Gasteiger partial charge in [-0.25, -0.2) is 0 Å². The fourth-order valence-electron chi connectivity index (χ4n) is 3.50. The Morgan fingerprint density at radius 1 is 0.900 bits per heavy atom. The average Bonchev–Trinajstić information content (AvgIpc) is 3.31. The number of piperidine rings is 1. The maximum atomic E-state index is 3.72. The summed E-state index contributed by atoms with van der Waals surface area (Å²) in [4.78, 5) is 2.80. The highest BCUT2D eigenvalue weighted by Crippen LogP contribution is 2.28. The maximum Gasteiger partial charge on any atom is 0.0195 e. The van der Waals surface area contributed by atoms with E-state index >= 15 is 0 Å². The molecule has 1 saturated heterocycles. The molecule has 1 atom stereocenters. The SMILES string of the molecule is CCCCCCCCCN(CC1CCCCN1)C1CC1. The van der Waals surface area contributed by atoms with Crippen LogP contribution < -0.4 is 5.32 Å². The molecule has 1 aliphatic heterocycles. The number of nitrogens with zero attached hydrogens (tertiary/aromatic N) is 1. The molecule has 0 radical (unpaired) electrons. The molecule has 2 fully saturated rings. The molecule has 2 aliphatic rings. The van der Waals surface area contributed by atoms with Crippen LogP contribution in [0.4, 0.5) is 0 Å². The molecule has 2 heteroatoms. The highest BCUT2D eigenvalue weighted by atomic mass is 15.2. The summed E-state index contributed by atoms with van der Waals surface area (Å²) in [6.07, 6.45) is 17.2. The second kappa shape index (κ2) is 9.78. The van der Waals surface area contributed by atoms with Gasteiger partial charge in [-0.1, -0.05) is 51.9 Å². The molecule has 1 N–H and O–H groups in total. The first-order valence-corrected chi connectivity index (χ1v) is 9.37. The van der Waals surface area contributed by atoms with Gasteiger partial charge in [0.2, 0.25) is 0 Å². The van der Waals surface area contributed by atoms with Crippen LogP contribution >= 0.6 is 0 Å². The number of hydrogen-bond donors (Lipinski definition) is 1. The van der Waals surface area contributed by atoms with Crippen LogP contribution in [0.25, 0.3) is 0 Å². The highest BCUT2D eigenvalue weighted by molar-refractivity contribution is 4.87. The Balaban J connectivity index is 1.53. The number of nitrogens with one attached hydrogen (secondary N) is 1. The molecule has 1 heterocycles. The lowest BCUT2D eigenvalue weighted by Gasteiger charge is -2.30. The van der Waals surface area contributed by atoms with Crippen molar-refractivity contribution in [3.05, 3.63) is 0 Å². The third-order valence-corrected chi connectivity index (χ3v) is 4.98. The minimum Gasteiger partial charge on any atom is -0.313 e. The summed E-state index contributed by atoms with van der Waals surface area (Å²) >= 11 is 0. The zero-order valence-electron chi connectivity index (χ0n) is 13.7. The Morgan fingerprint density at radius 3 is 2.30 bits per heavy atom. The van der Waals surface area contributed by atoms with E-state index in [-0.39, 0.29) is 0 Å². The van der Waals surface area contributed by atoms with Gasteiger partial charge in [0.15, 0.2) is 0 Å². The van der Waals surface area contributed by atoms with Crippen molar-refractivity contribution >= 4 is 0 Å². The van der Waals surface area contributed by atoms with E-state index in [4.69, 9.17) is 0 Å². The predicted molar refractivity (Wildman–Crippen MR) is 88.2 cm³/mol. The largest absolute Gasteiger partial charge is 0.313 e. The third-order valence-electron chi connectivity index (χ3n) is 4.98. The van der Waals surface area contributed by atoms with Crippen molar-refractivity contribution in [2.75, 3.05) is 19.6 Å². The first-order chi connectivity index (χ1) is 9.90. The van der Waals surface area contributed by atoms with E-state index in [9.17, 15) is 0 Å². The standard InChI is InChI=1S/C18H36N2/c1-2-3-4-5-6-7-10-15-20(18-12-13-18)16-17-11-8-9-14-19-17/h17-19H,2-16H2,1H3. The molecule has 118 valence electrons. The monoisotopic (exact) mass is 280 g/mol. The van der Waals surface area contributed by atoms with Crippen LogP contribution in [0.5, 0.6) is 0 Å². The topological polar surface area (TPSA) is 15.3 Å². The molecule has 0 aromatic heterocycles. The minimum atomic E-state index is 0.786. The molecule has 20 heavy (non-hydrogen) atoms. The number of hydrogen-bond acceptors (Lipinski definition) is 2. The fourth-order valence-corrected chi connectivity index (χ4v) is 3.50. The van der Waals surface area contributed by atoms with Gasteiger partial charge in [0.1, 0.15) is 0 Å². The summed E-state index contributed by atoms with van der Waals surface area (Å²) in [5.74, 6) is 0. The van der Waals surface area contributed by atoms with E-state index in [1.165, 1.54) is 96.7 Å². The van der Waals surface area contributed by atoms with Crippen LogP contribution in [-0.4, -0.2) is 36.6 Å². The predicted octanol–water partition coefficient (Wildman–Crippen LogP) is 4.34. The van der Waals surface area contributed by atoms with Crippen molar-refractivity contribution in [2.45, 2.75) is 96.1 Å². The summed E-state index contributed by atoms with van der Waals surface area (Å²) in [5.41, 5.74) is 0. The molecule has 0 amide bonds. The smallest absolute Gasteiger partial charge is 0.0195 e. The van der Waals surface area contributed by atoms with Gasteiger partial charge >= 0.3 is 0 Å². The van der Waals surface area contributed by atoms with Gasteiger partial charge in [-0.3, -0.25) is 4.90 Å². The van der Waals surface area contributed by atoms with Crippen molar-refractivity contribution in [2.24, 2.45) is 0 Å². The lowest BCUT2D eigenvalue weighted by atomic mass is 10.0. The summed E-state index contributed by atoms with van der Waals surface area (Å²) < 4.78 is 0. The molecular weight excluding hydrogens is 244 g/mol. The van der Waals surface area contributed by atoms with Crippen molar-refractivity contribution in [3.63, 3.8) is 0 Å². The fraction of sp³-hybridized carbons (Fsp3) is 1.00. The molecule has 0 bridgehead atoms. The Hall–Kier alpha value is -0.0800. The van der Waals surface area contributed by atoms with Gasteiger partial charge in [-0.05, 0) is 45.2 Å². The lowest BCUT2D eigenvalue weighted by molar-refractivity contribution is 0.211. The Morgan fingerprint density at radius 2 is 1.65 bits per heavy atom. The molecule has 1 aliphatic carbocycles. The van der Waals surface area contributed by atoms with Gasteiger partial charge in [0.25, 0.3) is 0 Å². The molecule has 0 spiro atoms. The van der Waals surface area contributed by atoms with E-state index in [0.717, 1.165) is 12.1 Å². The van der Waals surface area contributed by atoms with E-state index in [1.807, 2.05) is 0 Å². The first kappa shape index (κ1) is 16.3. The van der Waals surface area contributed by atoms with Gasteiger partial charge in [-0.2, -0.15) is 0 Å². The highest BCUT2D eigenvalue weighted by Gasteiger charge is 2.30. The van der Waals surface area contributed by atoms with Crippen molar-refractivity contribution in [1.82, 2.24) is 10.2 Å². The van der Waals surface area contributed by atoms with Gasteiger partial charge < -0.3 is 5.32 Å². The summed E-state index contributed by atoms with van der Waals surface area (Å²) in [6, 6.07) is 1.73. The van der Waals surface area contributed by atoms with E-state index < -0.39 is 0 Å². The van der Waals surface area contributed by atoms with Crippen molar-refractivity contribution in [3.8, 4) is 0 Å². The zero-order valence-corrected chi connectivity index (χ0v) is 13.7. The maximum absolute atomic E-state index is 3.72. The zero-order chi connectivity index (χ0) is 14.0. The molecule has 0 aromatic rings. The molecule has 2 rings (SSSR count). The Labute approximate surface area is 126 Å². The quantitative estimate of drug-likeness (QED) is 0.566. The van der Waals surface area contributed by atoms with E-state index in [1.54, 1.807) is 0 Å². The molecule has 0 aromatic carbocycles. The molecular formula is C18H36N2. The van der Waals surface area contributed by atoms with Gasteiger partial charge in [-0.15, -0.1) is 0 Å². The minimum absolute atomic E-state index is 0.786. The molecule has 1 unspecified atom stereocenters. The second-order valence-electron chi connectivity index (χ2n) is 6.99. The lowest BCUT2D eigenvalue weighted by Crippen LogP contribution is -2.44. The van der Waals surface area contributed by atoms with E-state index in [2.05, 4.69) is 17.1 Å². The normalized spacial score (nSPS) is 23.4.